The lowest BCUT2D eigenvalue weighted by Crippen LogP contribution is -2.59. The minimum atomic E-state index is -2.16. The van der Waals surface area contributed by atoms with E-state index in [1.165, 1.54) is 0 Å². The summed E-state index contributed by atoms with van der Waals surface area (Å²) >= 11 is 0. The Morgan fingerprint density at radius 1 is 0.639 bits per heavy atom. The van der Waals surface area contributed by atoms with E-state index >= 15 is 0 Å². The third-order valence-electron chi connectivity index (χ3n) is 8.86. The summed E-state index contributed by atoms with van der Waals surface area (Å²) in [5.41, 5.74) is -1.12. The molecule has 0 aromatic heterocycles. The first-order valence-electron chi connectivity index (χ1n) is 13.0. The van der Waals surface area contributed by atoms with Gasteiger partial charge in [-0.05, 0) is 75.1 Å². The van der Waals surface area contributed by atoms with Crippen LogP contribution in [-0.2, 0) is 8.85 Å². The third-order valence-corrected chi connectivity index (χ3v) is 10.8. The van der Waals surface area contributed by atoms with Crippen LogP contribution in [0.2, 0.25) is 39.3 Å². The van der Waals surface area contributed by atoms with Gasteiger partial charge in [-0.3, -0.25) is 0 Å². The Morgan fingerprint density at radius 2 is 0.944 bits per heavy atom. The molecule has 6 heteroatoms. The van der Waals surface area contributed by atoms with Crippen LogP contribution < -0.4 is 0 Å². The monoisotopic (exact) mass is 516 g/mol. The van der Waals surface area contributed by atoms with E-state index in [2.05, 4.69) is 114 Å². The maximum Gasteiger partial charge on any atom is 0.185 e. The molecule has 0 bridgehead atoms. The molecule has 2 saturated carbocycles. The zero-order valence-electron chi connectivity index (χ0n) is 23.1. The van der Waals surface area contributed by atoms with Gasteiger partial charge in [-0.2, -0.15) is 10.5 Å². The van der Waals surface area contributed by atoms with Gasteiger partial charge in [0.2, 0.25) is 0 Å². The van der Waals surface area contributed by atoms with Crippen LogP contribution in [-0.4, -0.2) is 27.8 Å². The number of hydrogen-bond acceptors (Lipinski definition) is 4. The van der Waals surface area contributed by atoms with Gasteiger partial charge in [-0.15, -0.1) is 0 Å². The van der Waals surface area contributed by atoms with Crippen LogP contribution in [0.1, 0.15) is 49.7 Å². The number of nitrogens with zero attached hydrogens (tertiary/aromatic N) is 2. The summed E-state index contributed by atoms with van der Waals surface area (Å²) in [6, 6.07) is 26.3. The van der Waals surface area contributed by atoms with E-state index in [1.54, 1.807) is 0 Å². The molecule has 36 heavy (non-hydrogen) atoms. The summed E-state index contributed by atoms with van der Waals surface area (Å²) < 4.78 is 14.0. The van der Waals surface area contributed by atoms with Gasteiger partial charge in [0.05, 0.1) is 12.1 Å². The highest BCUT2D eigenvalue weighted by Gasteiger charge is 2.82. The van der Waals surface area contributed by atoms with Crippen molar-refractivity contribution in [1.29, 1.82) is 10.5 Å². The average Bonchev–Trinajstić information content (AvgIpc) is 3.14. The van der Waals surface area contributed by atoms with Gasteiger partial charge < -0.3 is 8.85 Å². The highest BCUT2D eigenvalue weighted by atomic mass is 28.4. The number of benzene rings is 2. The predicted octanol–water partition coefficient (Wildman–Crippen LogP) is 7.60. The van der Waals surface area contributed by atoms with Crippen molar-refractivity contribution in [3.8, 4) is 12.1 Å². The minimum Gasteiger partial charge on any atom is -0.399 e. The van der Waals surface area contributed by atoms with Gasteiger partial charge in [-0.1, -0.05) is 74.5 Å². The van der Waals surface area contributed by atoms with Crippen LogP contribution in [0, 0.1) is 33.5 Å². The predicted molar refractivity (Wildman–Crippen MR) is 149 cm³/mol. The van der Waals surface area contributed by atoms with E-state index in [0.717, 1.165) is 11.1 Å². The fraction of sp³-hybridized carbons (Fsp3) is 0.533. The van der Waals surface area contributed by atoms with Gasteiger partial charge in [0.15, 0.2) is 27.8 Å². The fourth-order valence-corrected chi connectivity index (χ4v) is 10.3. The molecular formula is C30H40N2O2Si2. The summed E-state index contributed by atoms with van der Waals surface area (Å²) in [5.74, 6) is -0.131. The Bertz CT molecular complexity index is 1100. The van der Waals surface area contributed by atoms with Gasteiger partial charge in [-0.25, -0.2) is 0 Å². The van der Waals surface area contributed by atoms with Crippen molar-refractivity contribution < 1.29 is 8.85 Å². The zero-order chi connectivity index (χ0) is 26.6. The largest absolute Gasteiger partial charge is 0.399 e. The summed E-state index contributed by atoms with van der Waals surface area (Å²) in [4.78, 5) is 0. The molecule has 0 spiro atoms. The Labute approximate surface area is 219 Å². The molecular weight excluding hydrogens is 477 g/mol. The van der Waals surface area contributed by atoms with E-state index in [1.807, 2.05) is 12.1 Å². The first-order valence-corrected chi connectivity index (χ1v) is 19.8. The zero-order valence-corrected chi connectivity index (χ0v) is 25.1. The number of hydrogen-bond donors (Lipinski definition) is 0. The van der Waals surface area contributed by atoms with Crippen molar-refractivity contribution in [1.82, 2.24) is 0 Å². The Morgan fingerprint density at radius 3 is 1.19 bits per heavy atom. The molecule has 2 aliphatic rings. The van der Waals surface area contributed by atoms with Crippen molar-refractivity contribution >= 4 is 16.6 Å². The van der Waals surface area contributed by atoms with E-state index in [0.29, 0.717) is 12.8 Å². The maximum absolute atomic E-state index is 11.0. The van der Waals surface area contributed by atoms with Crippen LogP contribution in [0.3, 0.4) is 0 Å². The van der Waals surface area contributed by atoms with Crippen LogP contribution >= 0.6 is 0 Å². The minimum absolute atomic E-state index is 0.0654. The fourth-order valence-electron chi connectivity index (χ4n) is 7.52. The molecule has 2 fully saturated rings. The average molecular weight is 517 g/mol. The molecule has 0 saturated heterocycles. The summed E-state index contributed by atoms with van der Waals surface area (Å²) in [6.45, 7) is 17.4. The van der Waals surface area contributed by atoms with Crippen LogP contribution in [0.5, 0.6) is 0 Å². The Hall–Kier alpha value is -2.23. The standard InChI is InChI=1S/C30H40N2O2Si2/c1-27-25(23-15-11-9-12-16-23)19-30(22-32,34-36(6,7)8)28(27,2)26(24-17-13-10-14-18-24)20-29(27,21-31)33-35(3,4)5/h9-18,25-26H,19-20H2,1-8H3/t25-,26+,27-,28+,29-,30-/m1/s1. The second-order valence-electron chi connectivity index (χ2n) is 13.0. The van der Waals surface area contributed by atoms with E-state index < -0.39 is 38.7 Å². The highest BCUT2D eigenvalue weighted by Crippen LogP contribution is 2.80. The Kier molecular flexibility index (Phi) is 6.46. The summed E-state index contributed by atoms with van der Waals surface area (Å²) in [7, 11) is -4.31. The van der Waals surface area contributed by atoms with Crippen molar-refractivity contribution in [2.45, 2.75) is 89.0 Å². The van der Waals surface area contributed by atoms with Crippen LogP contribution in [0.4, 0.5) is 0 Å². The van der Waals surface area contributed by atoms with Crippen LogP contribution in [0.25, 0.3) is 0 Å². The molecule has 6 atom stereocenters. The van der Waals surface area contributed by atoms with Crippen molar-refractivity contribution in [3.05, 3.63) is 71.8 Å². The normalized spacial score (nSPS) is 36.2. The summed E-state index contributed by atoms with van der Waals surface area (Å²) in [5, 5.41) is 22.1. The molecule has 4 nitrogen and oxygen atoms in total. The molecule has 0 N–H and O–H groups in total. The van der Waals surface area contributed by atoms with E-state index in [-0.39, 0.29) is 11.8 Å². The van der Waals surface area contributed by atoms with Crippen molar-refractivity contribution in [2.75, 3.05) is 0 Å². The molecule has 0 heterocycles. The third kappa shape index (κ3) is 3.82. The molecule has 2 aromatic carbocycles. The topological polar surface area (TPSA) is 66.0 Å². The number of fused-ring (bicyclic) bond motifs is 1. The summed E-state index contributed by atoms with van der Waals surface area (Å²) in [6.07, 6.45) is 1.10. The smallest absolute Gasteiger partial charge is 0.185 e. The molecule has 4 rings (SSSR count). The molecule has 0 unspecified atom stereocenters. The van der Waals surface area contributed by atoms with Gasteiger partial charge in [0.25, 0.3) is 0 Å². The van der Waals surface area contributed by atoms with Gasteiger partial charge in [0, 0.05) is 10.8 Å². The number of nitriles is 2. The molecule has 2 aliphatic carbocycles. The Balaban J connectivity index is 2.10. The lowest BCUT2D eigenvalue weighted by Gasteiger charge is -2.52. The number of rotatable bonds is 6. The second kappa shape index (κ2) is 8.67. The first-order chi connectivity index (χ1) is 16.7. The van der Waals surface area contributed by atoms with E-state index in [9.17, 15) is 10.5 Å². The SMILES string of the molecule is C[C@]12[C@H](c3ccccc3)C[C@](C#N)(O[Si](C)(C)C)[C@]1(C)[C@@H](c1ccccc1)C[C@]2(C#N)O[Si](C)(C)C. The molecule has 190 valence electrons. The second-order valence-corrected chi connectivity index (χ2v) is 21.9. The molecule has 0 radical (unpaired) electrons. The molecule has 2 aromatic rings. The lowest BCUT2D eigenvalue weighted by atomic mass is 9.55. The molecule has 0 aliphatic heterocycles. The highest BCUT2D eigenvalue weighted by molar-refractivity contribution is 6.70. The molecule has 0 amide bonds. The maximum atomic E-state index is 11.0. The van der Waals surface area contributed by atoms with Crippen molar-refractivity contribution in [2.24, 2.45) is 10.8 Å². The quantitative estimate of drug-likeness (QED) is 0.371. The van der Waals surface area contributed by atoms with E-state index in [4.69, 9.17) is 8.85 Å². The van der Waals surface area contributed by atoms with Gasteiger partial charge >= 0.3 is 0 Å². The van der Waals surface area contributed by atoms with Gasteiger partial charge in [0.1, 0.15) is 0 Å². The van der Waals surface area contributed by atoms with Crippen LogP contribution in [0.15, 0.2) is 60.7 Å². The first kappa shape index (κ1) is 26.8. The lowest BCUT2D eigenvalue weighted by molar-refractivity contribution is -0.0810. The van der Waals surface area contributed by atoms with Crippen molar-refractivity contribution in [3.63, 3.8) is 0 Å².